The van der Waals surface area contributed by atoms with Crippen molar-refractivity contribution >= 4 is 29.9 Å². The van der Waals surface area contributed by atoms with Crippen LogP contribution in [-0.4, -0.2) is 52.9 Å². The Hall–Kier alpha value is -1.61. The summed E-state index contributed by atoms with van der Waals surface area (Å²) in [6, 6.07) is 11.4. The molecule has 0 aliphatic heterocycles. The van der Waals surface area contributed by atoms with E-state index in [2.05, 4.69) is 92.6 Å². The van der Waals surface area contributed by atoms with Crippen molar-refractivity contribution < 1.29 is 0 Å². The Morgan fingerprint density at radius 3 is 2.45 bits per heavy atom. The van der Waals surface area contributed by atoms with E-state index in [1.165, 1.54) is 16.8 Å². The zero-order valence-corrected chi connectivity index (χ0v) is 22.6. The minimum absolute atomic E-state index is 0. The molecule has 0 aliphatic rings. The number of hydrogen-bond acceptors (Lipinski definition) is 3. The van der Waals surface area contributed by atoms with Gasteiger partial charge in [-0.3, -0.25) is 14.6 Å². The molecule has 2 rings (SSSR count). The molecule has 2 aromatic rings. The minimum Gasteiger partial charge on any atom is -0.357 e. The fourth-order valence-corrected chi connectivity index (χ4v) is 3.63. The summed E-state index contributed by atoms with van der Waals surface area (Å²) in [4.78, 5) is 7.21. The number of aryl methyl sites for hydroxylation is 2. The van der Waals surface area contributed by atoms with Crippen molar-refractivity contribution in [2.45, 2.75) is 66.1 Å². The van der Waals surface area contributed by atoms with Gasteiger partial charge in [-0.2, -0.15) is 5.10 Å². The van der Waals surface area contributed by atoms with E-state index in [1.807, 2.05) is 11.7 Å². The molecule has 1 aromatic heterocycles. The maximum Gasteiger partial charge on any atom is 0.191 e. The molecular formula is C24H41IN6. The maximum atomic E-state index is 4.82. The quantitative estimate of drug-likeness (QED) is 0.271. The lowest BCUT2D eigenvalue weighted by Gasteiger charge is -2.24. The van der Waals surface area contributed by atoms with Gasteiger partial charge >= 0.3 is 0 Å². The zero-order chi connectivity index (χ0) is 22.1. The van der Waals surface area contributed by atoms with Crippen molar-refractivity contribution in [3.63, 3.8) is 0 Å². The van der Waals surface area contributed by atoms with Crippen molar-refractivity contribution in [3.05, 3.63) is 52.8 Å². The number of rotatable bonds is 10. The van der Waals surface area contributed by atoms with Gasteiger partial charge in [0.2, 0.25) is 0 Å². The number of aromatic nitrogens is 2. The molecule has 0 fully saturated rings. The summed E-state index contributed by atoms with van der Waals surface area (Å²) < 4.78 is 1.96. The van der Waals surface area contributed by atoms with Crippen molar-refractivity contribution in [2.24, 2.45) is 12.0 Å². The number of guanidine groups is 1. The second-order valence-electron chi connectivity index (χ2n) is 8.32. The topological polar surface area (TPSA) is 57.5 Å². The molecule has 174 valence electrons. The molecule has 31 heavy (non-hydrogen) atoms. The lowest BCUT2D eigenvalue weighted by Crippen LogP contribution is -2.43. The van der Waals surface area contributed by atoms with Crippen LogP contribution in [0.1, 0.15) is 49.7 Å². The molecule has 7 heteroatoms. The summed E-state index contributed by atoms with van der Waals surface area (Å²) in [6.45, 7) is 13.4. The van der Waals surface area contributed by atoms with Crippen molar-refractivity contribution in [1.82, 2.24) is 25.3 Å². The van der Waals surface area contributed by atoms with E-state index in [0.717, 1.165) is 44.1 Å². The second-order valence-corrected chi connectivity index (χ2v) is 8.32. The molecule has 2 atom stereocenters. The smallest absolute Gasteiger partial charge is 0.191 e. The van der Waals surface area contributed by atoms with Gasteiger partial charge < -0.3 is 10.6 Å². The van der Waals surface area contributed by atoms with Gasteiger partial charge in [0, 0.05) is 44.5 Å². The Balaban J connectivity index is 0.00000480. The van der Waals surface area contributed by atoms with E-state index in [4.69, 9.17) is 4.99 Å². The number of hydrogen-bond donors (Lipinski definition) is 2. The predicted molar refractivity (Wildman–Crippen MR) is 142 cm³/mol. The molecule has 0 bridgehead atoms. The summed E-state index contributed by atoms with van der Waals surface area (Å²) in [5.74, 6) is 0.891. The van der Waals surface area contributed by atoms with E-state index in [-0.39, 0.29) is 30.0 Å². The average Bonchev–Trinajstić information content (AvgIpc) is 2.94. The number of nitrogens with one attached hydrogen (secondary N) is 2. The lowest BCUT2D eigenvalue weighted by molar-refractivity contribution is 0.240. The second kappa shape index (κ2) is 13.7. The Morgan fingerprint density at radius 1 is 1.19 bits per heavy atom. The lowest BCUT2D eigenvalue weighted by atomic mass is 10.1. The van der Waals surface area contributed by atoms with Gasteiger partial charge in [0.1, 0.15) is 0 Å². The first-order valence-electron chi connectivity index (χ1n) is 11.1. The van der Waals surface area contributed by atoms with E-state index in [0.29, 0.717) is 6.04 Å². The highest BCUT2D eigenvalue weighted by atomic mass is 127. The van der Waals surface area contributed by atoms with E-state index < -0.39 is 0 Å². The Morgan fingerprint density at radius 2 is 1.87 bits per heavy atom. The first kappa shape index (κ1) is 27.4. The van der Waals surface area contributed by atoms with Crippen molar-refractivity contribution in [1.29, 1.82) is 0 Å². The summed E-state index contributed by atoms with van der Waals surface area (Å²) in [6.07, 6.45) is 1.96. The van der Waals surface area contributed by atoms with Crippen LogP contribution in [-0.2, 0) is 20.0 Å². The fraction of sp³-hybridized carbons (Fsp3) is 0.583. The minimum atomic E-state index is 0. The first-order valence-corrected chi connectivity index (χ1v) is 11.1. The summed E-state index contributed by atoms with van der Waals surface area (Å²) >= 11 is 0. The Bertz CT molecular complexity index is 802. The summed E-state index contributed by atoms with van der Waals surface area (Å²) in [5.41, 5.74) is 5.02. The van der Waals surface area contributed by atoms with Crippen LogP contribution >= 0.6 is 24.0 Å². The van der Waals surface area contributed by atoms with Crippen molar-refractivity contribution in [3.8, 4) is 0 Å². The summed E-state index contributed by atoms with van der Waals surface area (Å²) in [7, 11) is 4.19. The van der Waals surface area contributed by atoms with Crippen LogP contribution in [0.15, 0.2) is 35.3 Å². The highest BCUT2D eigenvalue weighted by molar-refractivity contribution is 14.0. The molecule has 0 saturated heterocycles. The first-order chi connectivity index (χ1) is 14.3. The fourth-order valence-electron chi connectivity index (χ4n) is 3.63. The molecule has 0 spiro atoms. The van der Waals surface area contributed by atoms with Gasteiger partial charge in [0.25, 0.3) is 0 Å². The average molecular weight is 541 g/mol. The molecule has 0 amide bonds. The molecule has 0 radical (unpaired) electrons. The Kier molecular flexibility index (Phi) is 12.1. The monoisotopic (exact) mass is 540 g/mol. The van der Waals surface area contributed by atoms with Gasteiger partial charge in [-0.1, -0.05) is 30.3 Å². The van der Waals surface area contributed by atoms with Crippen LogP contribution in [0.4, 0.5) is 0 Å². The van der Waals surface area contributed by atoms with Crippen LogP contribution in [0.2, 0.25) is 0 Å². The van der Waals surface area contributed by atoms with Crippen LogP contribution < -0.4 is 10.6 Å². The predicted octanol–water partition coefficient (Wildman–Crippen LogP) is 4.05. The van der Waals surface area contributed by atoms with Crippen molar-refractivity contribution in [2.75, 3.05) is 20.1 Å². The van der Waals surface area contributed by atoms with Crippen LogP contribution in [0, 0.1) is 13.8 Å². The summed E-state index contributed by atoms with van der Waals surface area (Å²) in [5, 5.41) is 11.5. The normalized spacial score (nSPS) is 13.6. The Labute approximate surface area is 205 Å². The molecule has 2 unspecified atom stereocenters. The third-order valence-electron chi connectivity index (χ3n) is 5.74. The number of nitrogens with zero attached hydrogens (tertiary/aromatic N) is 4. The highest BCUT2D eigenvalue weighted by Gasteiger charge is 2.14. The van der Waals surface area contributed by atoms with Crippen LogP contribution in [0.5, 0.6) is 0 Å². The SMILES string of the molecule is CCNC(=NCCC(C)N(C)Cc1ccccc1)NC(C)Cc1c(C)nn(C)c1C.I. The molecule has 0 saturated carbocycles. The van der Waals surface area contributed by atoms with Crippen LogP contribution in [0.25, 0.3) is 0 Å². The zero-order valence-electron chi connectivity index (χ0n) is 20.3. The molecule has 1 aromatic carbocycles. The largest absolute Gasteiger partial charge is 0.357 e. The van der Waals surface area contributed by atoms with Gasteiger partial charge in [-0.25, -0.2) is 0 Å². The third kappa shape index (κ3) is 8.80. The molecule has 6 nitrogen and oxygen atoms in total. The van der Waals surface area contributed by atoms with Gasteiger partial charge in [-0.05, 0) is 65.6 Å². The van der Waals surface area contributed by atoms with Crippen LogP contribution in [0.3, 0.4) is 0 Å². The van der Waals surface area contributed by atoms with E-state index in [1.54, 1.807) is 0 Å². The van der Waals surface area contributed by atoms with E-state index >= 15 is 0 Å². The number of benzene rings is 1. The highest BCUT2D eigenvalue weighted by Crippen LogP contribution is 2.14. The third-order valence-corrected chi connectivity index (χ3v) is 5.74. The number of aliphatic imine (C=N–C) groups is 1. The number of halogens is 1. The van der Waals surface area contributed by atoms with Gasteiger partial charge in [0.05, 0.1) is 5.69 Å². The van der Waals surface area contributed by atoms with E-state index in [9.17, 15) is 0 Å². The maximum absolute atomic E-state index is 4.82. The molecule has 0 aliphatic carbocycles. The molecular weight excluding hydrogens is 499 g/mol. The van der Waals surface area contributed by atoms with Gasteiger partial charge in [0.15, 0.2) is 5.96 Å². The van der Waals surface area contributed by atoms with Gasteiger partial charge in [-0.15, -0.1) is 24.0 Å². The standard InChI is InChI=1S/C24H40N6.HI/c1-8-25-24(27-18(2)16-23-20(4)28-30(7)21(23)5)26-15-14-19(3)29(6)17-22-12-10-9-11-13-22;/h9-13,18-19H,8,14-17H2,1-7H3,(H2,25,26,27);1H. The molecule has 1 heterocycles. The molecule has 2 N–H and O–H groups in total.